The molecule has 1 aromatic rings. The standard InChI is InChI=1S/C15H23F3N2O/c1-4-20(9-5-8-19(2)3)11-12-6-7-14(21)13(10-12)15(16,17)18/h6-7,10,21H,4-5,8-9,11H2,1-3H3. The lowest BCUT2D eigenvalue weighted by molar-refractivity contribution is -0.138. The van der Waals surface area contributed by atoms with Crippen LogP contribution < -0.4 is 0 Å². The van der Waals surface area contributed by atoms with E-state index in [4.69, 9.17) is 0 Å². The Morgan fingerprint density at radius 3 is 2.33 bits per heavy atom. The van der Waals surface area contributed by atoms with Crippen LogP contribution in [0.5, 0.6) is 5.75 Å². The lowest BCUT2D eigenvalue weighted by Crippen LogP contribution is -2.27. The molecule has 0 saturated heterocycles. The molecule has 0 radical (unpaired) electrons. The molecule has 1 aromatic carbocycles. The first-order chi connectivity index (χ1) is 9.74. The molecule has 6 heteroatoms. The predicted octanol–water partition coefficient (Wildman–Crippen LogP) is 3.18. The summed E-state index contributed by atoms with van der Waals surface area (Å²) in [6.07, 6.45) is -3.56. The van der Waals surface area contributed by atoms with E-state index in [1.807, 2.05) is 21.0 Å². The number of hydrogen-bond acceptors (Lipinski definition) is 3. The Balaban J connectivity index is 2.72. The minimum Gasteiger partial charge on any atom is -0.507 e. The third-order valence-corrected chi connectivity index (χ3v) is 3.30. The van der Waals surface area contributed by atoms with Gasteiger partial charge in [-0.25, -0.2) is 0 Å². The smallest absolute Gasteiger partial charge is 0.419 e. The number of halogens is 3. The number of hydrogen-bond donors (Lipinski definition) is 1. The highest BCUT2D eigenvalue weighted by Crippen LogP contribution is 2.36. The summed E-state index contributed by atoms with van der Waals surface area (Å²) in [5.41, 5.74) is -0.406. The van der Waals surface area contributed by atoms with Crippen LogP contribution in [0.4, 0.5) is 13.2 Å². The van der Waals surface area contributed by atoms with Gasteiger partial charge in [0.15, 0.2) is 0 Å². The molecule has 0 spiro atoms. The Bertz CT molecular complexity index is 447. The fourth-order valence-corrected chi connectivity index (χ4v) is 2.13. The number of aromatic hydroxyl groups is 1. The van der Waals surface area contributed by atoms with Gasteiger partial charge >= 0.3 is 6.18 Å². The van der Waals surface area contributed by atoms with Crippen molar-refractivity contribution in [1.82, 2.24) is 9.80 Å². The summed E-state index contributed by atoms with van der Waals surface area (Å²) in [7, 11) is 3.98. The van der Waals surface area contributed by atoms with Gasteiger partial charge in [-0.05, 0) is 57.8 Å². The number of phenols is 1. The Hall–Kier alpha value is -1.27. The zero-order valence-corrected chi connectivity index (χ0v) is 12.7. The first-order valence-corrected chi connectivity index (χ1v) is 7.00. The highest BCUT2D eigenvalue weighted by atomic mass is 19.4. The maximum absolute atomic E-state index is 12.8. The summed E-state index contributed by atoms with van der Waals surface area (Å²) in [5, 5.41) is 9.33. The molecule has 0 aromatic heterocycles. The van der Waals surface area contributed by atoms with Gasteiger partial charge in [-0.15, -0.1) is 0 Å². The molecule has 1 N–H and O–H groups in total. The number of alkyl halides is 3. The van der Waals surface area contributed by atoms with Gasteiger partial charge in [0.05, 0.1) is 5.56 Å². The molecule has 120 valence electrons. The van der Waals surface area contributed by atoms with E-state index in [9.17, 15) is 18.3 Å². The largest absolute Gasteiger partial charge is 0.507 e. The number of nitrogens with zero attached hydrogens (tertiary/aromatic N) is 2. The van der Waals surface area contributed by atoms with Crippen molar-refractivity contribution in [2.75, 3.05) is 33.7 Å². The molecular weight excluding hydrogens is 281 g/mol. The first-order valence-electron chi connectivity index (χ1n) is 7.00. The average molecular weight is 304 g/mol. The van der Waals surface area contributed by atoms with E-state index < -0.39 is 17.5 Å². The Morgan fingerprint density at radius 2 is 1.81 bits per heavy atom. The van der Waals surface area contributed by atoms with Crippen LogP contribution in [0.3, 0.4) is 0 Å². The molecule has 0 aliphatic rings. The second-order valence-corrected chi connectivity index (χ2v) is 5.37. The molecular formula is C15H23F3N2O. The van der Waals surface area contributed by atoms with Gasteiger partial charge < -0.3 is 10.0 Å². The number of phenolic OH excluding ortho intramolecular Hbond substituents is 1. The van der Waals surface area contributed by atoms with Gasteiger partial charge in [0.1, 0.15) is 5.75 Å². The summed E-state index contributed by atoms with van der Waals surface area (Å²) >= 11 is 0. The van der Waals surface area contributed by atoms with Gasteiger partial charge in [0, 0.05) is 6.54 Å². The van der Waals surface area contributed by atoms with E-state index in [1.165, 1.54) is 0 Å². The topological polar surface area (TPSA) is 26.7 Å². The molecule has 0 fully saturated rings. The molecule has 0 atom stereocenters. The van der Waals surface area contributed by atoms with Crippen LogP contribution in [-0.2, 0) is 12.7 Å². The van der Waals surface area contributed by atoms with E-state index >= 15 is 0 Å². The third kappa shape index (κ3) is 5.93. The molecule has 0 heterocycles. The quantitative estimate of drug-likeness (QED) is 0.838. The third-order valence-electron chi connectivity index (χ3n) is 3.30. The lowest BCUT2D eigenvalue weighted by atomic mass is 10.1. The summed E-state index contributed by atoms with van der Waals surface area (Å²) in [5.74, 6) is -0.720. The van der Waals surface area contributed by atoms with E-state index in [2.05, 4.69) is 9.80 Å². The Labute approximate surface area is 124 Å². The molecule has 3 nitrogen and oxygen atoms in total. The fraction of sp³-hybridized carbons (Fsp3) is 0.600. The van der Waals surface area contributed by atoms with Crippen molar-refractivity contribution in [3.63, 3.8) is 0 Å². The van der Waals surface area contributed by atoms with E-state index in [0.29, 0.717) is 12.1 Å². The van der Waals surface area contributed by atoms with Crippen molar-refractivity contribution in [3.8, 4) is 5.75 Å². The van der Waals surface area contributed by atoms with Crippen molar-refractivity contribution in [3.05, 3.63) is 29.3 Å². The summed E-state index contributed by atoms with van der Waals surface area (Å²) in [6, 6.07) is 3.69. The van der Waals surface area contributed by atoms with Crippen LogP contribution in [0.25, 0.3) is 0 Å². The Morgan fingerprint density at radius 1 is 1.14 bits per heavy atom. The van der Waals surface area contributed by atoms with Crippen molar-refractivity contribution in [2.24, 2.45) is 0 Å². The molecule has 0 bridgehead atoms. The first kappa shape index (κ1) is 17.8. The second-order valence-electron chi connectivity index (χ2n) is 5.37. The Kier molecular flexibility index (Phi) is 6.48. The lowest BCUT2D eigenvalue weighted by Gasteiger charge is -2.22. The van der Waals surface area contributed by atoms with Gasteiger partial charge in [0.2, 0.25) is 0 Å². The highest BCUT2D eigenvalue weighted by Gasteiger charge is 2.34. The molecule has 0 unspecified atom stereocenters. The van der Waals surface area contributed by atoms with Crippen LogP contribution in [-0.4, -0.2) is 48.6 Å². The molecule has 0 aliphatic heterocycles. The van der Waals surface area contributed by atoms with Crippen LogP contribution in [0.15, 0.2) is 18.2 Å². The summed E-state index contributed by atoms with van der Waals surface area (Å²) in [6.45, 7) is 4.99. The maximum atomic E-state index is 12.8. The molecule has 0 amide bonds. The predicted molar refractivity (Wildman–Crippen MR) is 77.2 cm³/mol. The average Bonchev–Trinajstić information content (AvgIpc) is 2.37. The second kappa shape index (κ2) is 7.66. The minimum absolute atomic E-state index is 0.452. The van der Waals surface area contributed by atoms with E-state index in [-0.39, 0.29) is 0 Å². The van der Waals surface area contributed by atoms with Crippen LogP contribution in [0, 0.1) is 0 Å². The van der Waals surface area contributed by atoms with E-state index in [0.717, 1.165) is 38.2 Å². The van der Waals surface area contributed by atoms with Crippen molar-refractivity contribution in [1.29, 1.82) is 0 Å². The zero-order valence-electron chi connectivity index (χ0n) is 12.7. The van der Waals surface area contributed by atoms with Gasteiger partial charge in [-0.3, -0.25) is 4.90 Å². The molecule has 1 rings (SSSR count). The van der Waals surface area contributed by atoms with Crippen molar-refractivity contribution in [2.45, 2.75) is 26.1 Å². The van der Waals surface area contributed by atoms with Gasteiger partial charge in [0.25, 0.3) is 0 Å². The maximum Gasteiger partial charge on any atom is 0.419 e. The van der Waals surface area contributed by atoms with Crippen molar-refractivity contribution >= 4 is 0 Å². The fourth-order valence-electron chi connectivity index (χ4n) is 2.13. The molecule has 0 saturated carbocycles. The van der Waals surface area contributed by atoms with E-state index in [1.54, 1.807) is 6.07 Å². The molecule has 0 aliphatic carbocycles. The SMILES string of the molecule is CCN(CCCN(C)C)Cc1ccc(O)c(C(F)(F)F)c1. The van der Waals surface area contributed by atoms with Crippen LogP contribution in [0.1, 0.15) is 24.5 Å². The zero-order chi connectivity index (χ0) is 16.0. The normalized spacial score (nSPS) is 12.4. The summed E-state index contributed by atoms with van der Waals surface area (Å²) in [4.78, 5) is 4.17. The molecule has 21 heavy (non-hydrogen) atoms. The number of benzene rings is 1. The monoisotopic (exact) mass is 304 g/mol. The highest BCUT2D eigenvalue weighted by molar-refractivity contribution is 5.38. The van der Waals surface area contributed by atoms with Crippen LogP contribution in [0.2, 0.25) is 0 Å². The van der Waals surface area contributed by atoms with Crippen LogP contribution >= 0.6 is 0 Å². The number of rotatable bonds is 7. The van der Waals surface area contributed by atoms with Crippen molar-refractivity contribution < 1.29 is 18.3 Å². The summed E-state index contributed by atoms with van der Waals surface area (Å²) < 4.78 is 38.3. The minimum atomic E-state index is -4.53. The van der Waals surface area contributed by atoms with Gasteiger partial charge in [-0.2, -0.15) is 13.2 Å². The van der Waals surface area contributed by atoms with Gasteiger partial charge in [-0.1, -0.05) is 13.0 Å².